The minimum Gasteiger partial charge on any atom is -0.469 e. The Hall–Kier alpha value is -0.790. The predicted molar refractivity (Wildman–Crippen MR) is 62.4 cm³/mol. The van der Waals surface area contributed by atoms with Crippen molar-refractivity contribution in [1.29, 1.82) is 0 Å². The molecule has 0 spiro atoms. The molecule has 0 radical (unpaired) electrons. The second kappa shape index (κ2) is 5.51. The Labute approximate surface area is 105 Å². The van der Waals surface area contributed by atoms with Crippen LogP contribution in [0.3, 0.4) is 0 Å². The van der Waals surface area contributed by atoms with Crippen LogP contribution < -0.4 is 0 Å². The van der Waals surface area contributed by atoms with E-state index in [0.29, 0.717) is 14.8 Å². The van der Waals surface area contributed by atoms with Crippen LogP contribution in [-0.2, 0) is 16.0 Å². The summed E-state index contributed by atoms with van der Waals surface area (Å²) in [6.45, 7) is 1.57. The van der Waals surface area contributed by atoms with Crippen molar-refractivity contribution in [1.82, 2.24) is 4.98 Å². The van der Waals surface area contributed by atoms with Crippen molar-refractivity contribution in [2.45, 2.75) is 19.8 Å². The van der Waals surface area contributed by atoms with E-state index in [-0.39, 0.29) is 12.1 Å². The van der Waals surface area contributed by atoms with Crippen LogP contribution in [0.4, 0.5) is 8.78 Å². The van der Waals surface area contributed by atoms with Gasteiger partial charge >= 0.3 is 5.97 Å². The van der Waals surface area contributed by atoms with Crippen LogP contribution in [0.5, 0.6) is 0 Å². The first kappa shape index (κ1) is 13.3. The number of aryl methyl sites for hydroxylation is 1. The highest BCUT2D eigenvalue weighted by Crippen LogP contribution is 2.23. The third-order valence-electron chi connectivity index (χ3n) is 2.02. The van der Waals surface area contributed by atoms with Gasteiger partial charge in [-0.2, -0.15) is 0 Å². The Bertz CT molecular complexity index is 410. The van der Waals surface area contributed by atoms with Crippen molar-refractivity contribution < 1.29 is 18.3 Å². The summed E-state index contributed by atoms with van der Waals surface area (Å²) in [5, 5.41) is 0. The molecule has 0 aromatic carbocycles. The second-order valence-corrected chi connectivity index (χ2v) is 4.33. The predicted octanol–water partition coefficient (Wildman–Crippen LogP) is 2.65. The number of carbonyl (C=O) groups is 1. The molecular weight excluding hydrogens is 331 g/mol. The highest BCUT2D eigenvalue weighted by molar-refractivity contribution is 14.1. The van der Waals surface area contributed by atoms with E-state index in [4.69, 9.17) is 0 Å². The molecular formula is C10H10F2INO2. The smallest absolute Gasteiger partial charge is 0.311 e. The number of esters is 1. The Morgan fingerprint density at radius 1 is 1.62 bits per heavy atom. The number of hydrogen-bond donors (Lipinski definition) is 0. The maximum Gasteiger partial charge on any atom is 0.311 e. The van der Waals surface area contributed by atoms with Crippen LogP contribution in [0.1, 0.15) is 23.4 Å². The van der Waals surface area contributed by atoms with Crippen molar-refractivity contribution >= 4 is 28.6 Å². The molecule has 6 heteroatoms. The fourth-order valence-corrected chi connectivity index (χ4v) is 1.97. The van der Waals surface area contributed by atoms with Gasteiger partial charge in [0.2, 0.25) is 0 Å². The van der Waals surface area contributed by atoms with Gasteiger partial charge in [-0.25, -0.2) is 13.8 Å². The van der Waals surface area contributed by atoms with Gasteiger partial charge in [0.1, 0.15) is 5.69 Å². The van der Waals surface area contributed by atoms with Crippen molar-refractivity contribution in [3.8, 4) is 0 Å². The average molecular weight is 341 g/mol. The van der Waals surface area contributed by atoms with Crippen molar-refractivity contribution in [3.63, 3.8) is 0 Å². The number of aromatic nitrogens is 1. The third kappa shape index (κ3) is 3.10. The summed E-state index contributed by atoms with van der Waals surface area (Å²) >= 11 is 1.96. The molecule has 0 fully saturated rings. The number of carbonyl (C=O) groups excluding carboxylic acids is 1. The highest BCUT2D eigenvalue weighted by Gasteiger charge is 2.17. The van der Waals surface area contributed by atoms with Crippen LogP contribution in [0.2, 0.25) is 0 Å². The van der Waals surface area contributed by atoms with E-state index in [9.17, 15) is 13.6 Å². The zero-order valence-electron chi connectivity index (χ0n) is 8.76. The molecule has 1 aromatic heterocycles. The molecule has 3 nitrogen and oxygen atoms in total. The summed E-state index contributed by atoms with van der Waals surface area (Å²) in [5.41, 5.74) is 0.473. The molecule has 0 aliphatic carbocycles. The van der Waals surface area contributed by atoms with Crippen LogP contribution in [0.25, 0.3) is 0 Å². The minimum absolute atomic E-state index is 0.0885. The number of pyridine rings is 1. The SMILES string of the molecule is COC(=O)Cc1nc(C(F)F)c(C)cc1I. The quantitative estimate of drug-likeness (QED) is 0.627. The van der Waals surface area contributed by atoms with Crippen LogP contribution in [-0.4, -0.2) is 18.1 Å². The van der Waals surface area contributed by atoms with Gasteiger partial charge in [0.25, 0.3) is 6.43 Å². The van der Waals surface area contributed by atoms with Gasteiger partial charge in [0.05, 0.1) is 19.2 Å². The Morgan fingerprint density at radius 2 is 2.25 bits per heavy atom. The molecule has 0 bridgehead atoms. The third-order valence-corrected chi connectivity index (χ3v) is 2.96. The van der Waals surface area contributed by atoms with Crippen molar-refractivity contribution in [2.24, 2.45) is 0 Å². The molecule has 16 heavy (non-hydrogen) atoms. The van der Waals surface area contributed by atoms with Gasteiger partial charge in [-0.05, 0) is 41.1 Å². The normalized spacial score (nSPS) is 10.6. The van der Waals surface area contributed by atoms with Gasteiger partial charge in [0.15, 0.2) is 0 Å². The summed E-state index contributed by atoms with van der Waals surface area (Å²) in [6.07, 6.45) is -2.72. The van der Waals surface area contributed by atoms with Crippen molar-refractivity contribution in [2.75, 3.05) is 7.11 Å². The molecule has 0 atom stereocenters. The molecule has 0 amide bonds. The fraction of sp³-hybridized carbons (Fsp3) is 0.400. The number of alkyl halides is 2. The number of nitrogens with zero attached hydrogens (tertiary/aromatic N) is 1. The zero-order valence-corrected chi connectivity index (χ0v) is 10.9. The molecule has 0 saturated heterocycles. The molecule has 0 aliphatic rings. The summed E-state index contributed by atoms with van der Waals surface area (Å²) < 4.78 is 30.3. The standard InChI is InChI=1S/C10H10F2INO2/c1-5-3-6(13)7(4-8(15)16-2)14-9(5)10(11)12/h3,10H,4H2,1-2H3. The molecule has 0 N–H and O–H groups in total. The van der Waals surface area contributed by atoms with Gasteiger partial charge in [-0.1, -0.05) is 0 Å². The Morgan fingerprint density at radius 3 is 2.75 bits per heavy atom. The van der Waals surface area contributed by atoms with E-state index in [2.05, 4.69) is 9.72 Å². The van der Waals surface area contributed by atoms with Crippen LogP contribution in [0.15, 0.2) is 6.07 Å². The number of methoxy groups -OCH3 is 1. The first-order valence-electron chi connectivity index (χ1n) is 4.46. The minimum atomic E-state index is -2.63. The molecule has 0 unspecified atom stereocenters. The lowest BCUT2D eigenvalue weighted by molar-refractivity contribution is -0.139. The molecule has 0 saturated carbocycles. The molecule has 1 aromatic rings. The number of ether oxygens (including phenoxy) is 1. The van der Waals surface area contributed by atoms with Gasteiger partial charge < -0.3 is 4.74 Å². The lowest BCUT2D eigenvalue weighted by Gasteiger charge is -2.08. The average Bonchev–Trinajstić information content (AvgIpc) is 2.21. The molecule has 1 heterocycles. The molecule has 0 aliphatic heterocycles. The Balaban J connectivity index is 3.09. The van der Waals surface area contributed by atoms with E-state index in [1.54, 1.807) is 13.0 Å². The fourth-order valence-electron chi connectivity index (χ4n) is 1.19. The highest BCUT2D eigenvalue weighted by atomic mass is 127. The maximum atomic E-state index is 12.6. The van der Waals surface area contributed by atoms with Gasteiger partial charge in [0, 0.05) is 3.57 Å². The van der Waals surface area contributed by atoms with E-state index < -0.39 is 12.4 Å². The molecule has 1 rings (SSSR count). The zero-order chi connectivity index (χ0) is 12.3. The number of halogens is 3. The topological polar surface area (TPSA) is 39.2 Å². The maximum absolute atomic E-state index is 12.6. The first-order chi connectivity index (χ1) is 7.45. The van der Waals surface area contributed by atoms with E-state index >= 15 is 0 Å². The van der Waals surface area contributed by atoms with Crippen LogP contribution >= 0.6 is 22.6 Å². The largest absolute Gasteiger partial charge is 0.469 e. The Kier molecular flexibility index (Phi) is 4.57. The lowest BCUT2D eigenvalue weighted by Crippen LogP contribution is -2.10. The van der Waals surface area contributed by atoms with Crippen molar-refractivity contribution in [3.05, 3.63) is 26.6 Å². The van der Waals surface area contributed by atoms with E-state index in [0.717, 1.165) is 0 Å². The summed E-state index contributed by atoms with van der Waals surface area (Å²) in [4.78, 5) is 14.8. The summed E-state index contributed by atoms with van der Waals surface area (Å²) in [7, 11) is 1.25. The van der Waals surface area contributed by atoms with Crippen LogP contribution in [0, 0.1) is 10.5 Å². The monoisotopic (exact) mass is 341 g/mol. The molecule has 88 valence electrons. The summed E-state index contributed by atoms with van der Waals surface area (Å²) in [6, 6.07) is 1.59. The van der Waals surface area contributed by atoms with Gasteiger partial charge in [-0.15, -0.1) is 0 Å². The summed E-state index contributed by atoms with van der Waals surface area (Å²) in [5.74, 6) is -0.491. The van der Waals surface area contributed by atoms with E-state index in [1.807, 2.05) is 22.6 Å². The lowest BCUT2D eigenvalue weighted by atomic mass is 10.2. The van der Waals surface area contributed by atoms with Gasteiger partial charge in [-0.3, -0.25) is 4.79 Å². The first-order valence-corrected chi connectivity index (χ1v) is 5.54. The number of hydrogen-bond acceptors (Lipinski definition) is 3. The number of rotatable bonds is 3. The van der Waals surface area contributed by atoms with E-state index in [1.165, 1.54) is 7.11 Å². The second-order valence-electron chi connectivity index (χ2n) is 3.17.